The molecule has 0 aliphatic carbocycles. The van der Waals surface area contributed by atoms with Crippen LogP contribution in [0.3, 0.4) is 0 Å². The molecule has 0 amide bonds. The van der Waals surface area contributed by atoms with E-state index in [1.165, 1.54) is 11.6 Å². The van der Waals surface area contributed by atoms with Crippen LogP contribution in [0.5, 0.6) is 0 Å². The fourth-order valence-electron chi connectivity index (χ4n) is 2.70. The second kappa shape index (κ2) is 11.5. The zero-order chi connectivity index (χ0) is 19.8. The molecule has 8 heteroatoms. The molecule has 1 heterocycles. The maximum atomic E-state index is 13.7. The van der Waals surface area contributed by atoms with Crippen molar-refractivity contribution in [3.8, 4) is 11.5 Å². The molecule has 0 saturated carbocycles. The standard InChI is InChI=1S/C21H24FN5O.HI/c1-3-19-26-20(28-27-19)16-10-8-15(9-11-16)12-13-24-21(23-2)25-14-17-6-4-5-7-18(17)22;/h4-11H,3,12-14H2,1-2H3,(H2,23,24,25);1H. The van der Waals surface area contributed by atoms with E-state index in [-0.39, 0.29) is 29.8 Å². The molecule has 3 rings (SSSR count). The van der Waals surface area contributed by atoms with E-state index < -0.39 is 0 Å². The summed E-state index contributed by atoms with van der Waals surface area (Å²) in [5.41, 5.74) is 2.69. The number of halogens is 2. The van der Waals surface area contributed by atoms with Crippen LogP contribution in [0.15, 0.2) is 58.0 Å². The summed E-state index contributed by atoms with van der Waals surface area (Å²) >= 11 is 0. The van der Waals surface area contributed by atoms with Gasteiger partial charge in [-0.15, -0.1) is 24.0 Å². The Morgan fingerprint density at radius 1 is 1.10 bits per heavy atom. The molecule has 3 aromatic rings. The van der Waals surface area contributed by atoms with Crippen LogP contribution in [-0.2, 0) is 19.4 Å². The smallest absolute Gasteiger partial charge is 0.257 e. The molecule has 1 aromatic heterocycles. The molecule has 0 saturated heterocycles. The van der Waals surface area contributed by atoms with Gasteiger partial charge in [0.25, 0.3) is 5.89 Å². The Labute approximate surface area is 187 Å². The summed E-state index contributed by atoms with van der Waals surface area (Å²) in [6.07, 6.45) is 1.57. The third kappa shape index (κ3) is 6.52. The van der Waals surface area contributed by atoms with Crippen LogP contribution in [0, 0.1) is 5.82 Å². The molecule has 0 unspecified atom stereocenters. The average Bonchev–Trinajstić information content (AvgIpc) is 3.21. The number of nitrogens with zero attached hydrogens (tertiary/aromatic N) is 3. The molecule has 2 N–H and O–H groups in total. The van der Waals surface area contributed by atoms with Gasteiger partial charge in [0.15, 0.2) is 11.8 Å². The van der Waals surface area contributed by atoms with Crippen molar-refractivity contribution in [2.45, 2.75) is 26.3 Å². The Kier molecular flexibility index (Phi) is 9.04. The Hall–Kier alpha value is -2.49. The van der Waals surface area contributed by atoms with Crippen LogP contribution in [0.25, 0.3) is 11.5 Å². The molecule has 0 aliphatic heterocycles. The molecule has 0 aliphatic rings. The topological polar surface area (TPSA) is 75.3 Å². The Morgan fingerprint density at radius 2 is 1.86 bits per heavy atom. The number of nitrogens with one attached hydrogen (secondary N) is 2. The number of rotatable bonds is 7. The second-order valence-corrected chi connectivity index (χ2v) is 6.26. The third-order valence-electron chi connectivity index (χ3n) is 4.32. The fraction of sp³-hybridized carbons (Fsp3) is 0.286. The lowest BCUT2D eigenvalue weighted by Crippen LogP contribution is -2.38. The van der Waals surface area contributed by atoms with E-state index >= 15 is 0 Å². The maximum Gasteiger partial charge on any atom is 0.257 e. The maximum absolute atomic E-state index is 13.7. The van der Waals surface area contributed by atoms with Crippen molar-refractivity contribution in [1.29, 1.82) is 0 Å². The van der Waals surface area contributed by atoms with Crippen molar-refractivity contribution >= 4 is 29.9 Å². The molecule has 6 nitrogen and oxygen atoms in total. The molecule has 0 atom stereocenters. The van der Waals surface area contributed by atoms with Crippen LogP contribution >= 0.6 is 24.0 Å². The summed E-state index contributed by atoms with van der Waals surface area (Å²) in [4.78, 5) is 8.51. The number of aryl methyl sites for hydroxylation is 1. The summed E-state index contributed by atoms with van der Waals surface area (Å²) in [5, 5.41) is 10.3. The number of aliphatic imine (C=N–C) groups is 1. The van der Waals surface area contributed by atoms with Crippen molar-refractivity contribution in [3.05, 3.63) is 71.3 Å². The lowest BCUT2D eigenvalue weighted by atomic mass is 10.1. The minimum absolute atomic E-state index is 0. The van der Waals surface area contributed by atoms with E-state index in [9.17, 15) is 4.39 Å². The third-order valence-corrected chi connectivity index (χ3v) is 4.32. The van der Waals surface area contributed by atoms with E-state index in [0.29, 0.717) is 36.3 Å². The molecule has 29 heavy (non-hydrogen) atoms. The molecule has 0 spiro atoms. The van der Waals surface area contributed by atoms with Crippen molar-refractivity contribution in [3.63, 3.8) is 0 Å². The van der Waals surface area contributed by atoms with Gasteiger partial charge < -0.3 is 15.2 Å². The Balaban J connectivity index is 0.00000300. The number of benzene rings is 2. The molecule has 0 bridgehead atoms. The minimum atomic E-state index is -0.224. The monoisotopic (exact) mass is 509 g/mol. The molecule has 2 aromatic carbocycles. The molecular formula is C21H25FIN5O. The summed E-state index contributed by atoms with van der Waals surface area (Å²) in [6.45, 7) is 3.08. The number of aromatic nitrogens is 2. The molecule has 0 fully saturated rings. The van der Waals surface area contributed by atoms with Gasteiger partial charge in [-0.3, -0.25) is 4.99 Å². The van der Waals surface area contributed by atoms with Crippen LogP contribution < -0.4 is 10.6 Å². The van der Waals surface area contributed by atoms with Gasteiger partial charge in [-0.1, -0.05) is 42.4 Å². The first-order valence-corrected chi connectivity index (χ1v) is 9.29. The predicted molar refractivity (Wildman–Crippen MR) is 123 cm³/mol. The molecule has 154 valence electrons. The highest BCUT2D eigenvalue weighted by atomic mass is 127. The zero-order valence-corrected chi connectivity index (χ0v) is 18.8. The summed E-state index contributed by atoms with van der Waals surface area (Å²) in [5.74, 6) is 1.66. The zero-order valence-electron chi connectivity index (χ0n) is 16.5. The van der Waals surface area contributed by atoms with E-state index in [2.05, 4.69) is 25.8 Å². The van der Waals surface area contributed by atoms with Crippen molar-refractivity contribution in [2.75, 3.05) is 13.6 Å². The quantitative estimate of drug-likeness (QED) is 0.287. The Bertz CT molecular complexity index is 927. The van der Waals surface area contributed by atoms with Crippen molar-refractivity contribution in [2.24, 2.45) is 4.99 Å². The van der Waals surface area contributed by atoms with Gasteiger partial charge in [-0.05, 0) is 30.2 Å². The van der Waals surface area contributed by atoms with Gasteiger partial charge in [-0.25, -0.2) is 4.39 Å². The first kappa shape index (κ1) is 22.8. The first-order chi connectivity index (χ1) is 13.7. The van der Waals surface area contributed by atoms with Crippen LogP contribution in [-0.4, -0.2) is 29.7 Å². The van der Waals surface area contributed by atoms with Gasteiger partial charge in [0.1, 0.15) is 5.82 Å². The van der Waals surface area contributed by atoms with Gasteiger partial charge in [-0.2, -0.15) is 4.98 Å². The van der Waals surface area contributed by atoms with Gasteiger partial charge in [0, 0.05) is 37.7 Å². The van der Waals surface area contributed by atoms with E-state index in [1.54, 1.807) is 19.2 Å². The van der Waals surface area contributed by atoms with Crippen LogP contribution in [0.2, 0.25) is 0 Å². The number of guanidine groups is 1. The lowest BCUT2D eigenvalue weighted by molar-refractivity contribution is 0.423. The fourth-order valence-corrected chi connectivity index (χ4v) is 2.70. The number of hydrogen-bond donors (Lipinski definition) is 2. The van der Waals surface area contributed by atoms with Gasteiger partial charge in [0.05, 0.1) is 0 Å². The van der Waals surface area contributed by atoms with Gasteiger partial charge in [0.2, 0.25) is 0 Å². The van der Waals surface area contributed by atoms with Crippen LogP contribution in [0.4, 0.5) is 4.39 Å². The van der Waals surface area contributed by atoms with Crippen LogP contribution in [0.1, 0.15) is 23.9 Å². The highest BCUT2D eigenvalue weighted by molar-refractivity contribution is 14.0. The summed E-state index contributed by atoms with van der Waals surface area (Å²) in [7, 11) is 1.69. The highest BCUT2D eigenvalue weighted by Gasteiger charge is 2.07. The van der Waals surface area contributed by atoms with Gasteiger partial charge >= 0.3 is 0 Å². The normalized spacial score (nSPS) is 11.1. The van der Waals surface area contributed by atoms with Crippen molar-refractivity contribution in [1.82, 2.24) is 20.8 Å². The predicted octanol–water partition coefficient (Wildman–Crippen LogP) is 3.96. The minimum Gasteiger partial charge on any atom is -0.356 e. The molecular weight excluding hydrogens is 484 g/mol. The lowest BCUT2D eigenvalue weighted by Gasteiger charge is -2.12. The highest BCUT2D eigenvalue weighted by Crippen LogP contribution is 2.18. The second-order valence-electron chi connectivity index (χ2n) is 6.26. The SMILES string of the molecule is CCc1noc(-c2ccc(CCNC(=NC)NCc3ccccc3F)cc2)n1.I. The largest absolute Gasteiger partial charge is 0.356 e. The summed E-state index contributed by atoms with van der Waals surface area (Å²) in [6, 6.07) is 14.7. The van der Waals surface area contributed by atoms with E-state index in [1.807, 2.05) is 37.3 Å². The first-order valence-electron chi connectivity index (χ1n) is 9.29. The van der Waals surface area contributed by atoms with E-state index in [0.717, 1.165) is 18.4 Å². The van der Waals surface area contributed by atoms with E-state index in [4.69, 9.17) is 4.52 Å². The number of hydrogen-bond acceptors (Lipinski definition) is 4. The summed E-state index contributed by atoms with van der Waals surface area (Å²) < 4.78 is 18.9. The van der Waals surface area contributed by atoms with Crippen molar-refractivity contribution < 1.29 is 8.91 Å². The Morgan fingerprint density at radius 3 is 2.52 bits per heavy atom. The average molecular weight is 509 g/mol. The molecule has 0 radical (unpaired) electrons.